The monoisotopic (exact) mass is 206 g/mol. The van der Waals surface area contributed by atoms with Gasteiger partial charge in [0, 0.05) is 13.6 Å². The SMILES string of the molecule is CCN(C)C=Nc1cc(C)c(O)c(C)c1. The van der Waals surface area contributed by atoms with Gasteiger partial charge < -0.3 is 10.0 Å². The molecule has 15 heavy (non-hydrogen) atoms. The Labute approximate surface area is 91.1 Å². The minimum absolute atomic E-state index is 0.359. The molecular formula is C12H18N2O. The third-order valence-electron chi connectivity index (χ3n) is 2.38. The van der Waals surface area contributed by atoms with Gasteiger partial charge in [0.1, 0.15) is 5.75 Å². The topological polar surface area (TPSA) is 35.8 Å². The van der Waals surface area contributed by atoms with Crippen molar-refractivity contribution < 1.29 is 5.11 Å². The van der Waals surface area contributed by atoms with Gasteiger partial charge in [0.15, 0.2) is 0 Å². The average Bonchev–Trinajstić information content (AvgIpc) is 2.22. The number of phenols is 1. The molecule has 0 amide bonds. The molecule has 82 valence electrons. The summed E-state index contributed by atoms with van der Waals surface area (Å²) in [6.45, 7) is 6.76. The Morgan fingerprint density at radius 3 is 2.33 bits per heavy atom. The van der Waals surface area contributed by atoms with Crippen molar-refractivity contribution in [2.24, 2.45) is 4.99 Å². The minimum atomic E-state index is 0.359. The van der Waals surface area contributed by atoms with Gasteiger partial charge in [-0.1, -0.05) is 0 Å². The molecule has 0 bridgehead atoms. The highest BCUT2D eigenvalue weighted by Crippen LogP contribution is 2.26. The molecule has 0 aliphatic rings. The molecule has 0 heterocycles. The van der Waals surface area contributed by atoms with Gasteiger partial charge in [-0.05, 0) is 44.0 Å². The number of aromatic hydroxyl groups is 1. The van der Waals surface area contributed by atoms with Crippen LogP contribution in [0, 0.1) is 13.8 Å². The molecule has 0 atom stereocenters. The van der Waals surface area contributed by atoms with E-state index in [1.54, 1.807) is 6.34 Å². The van der Waals surface area contributed by atoms with Crippen LogP contribution in [0.25, 0.3) is 0 Å². The second-order valence-electron chi connectivity index (χ2n) is 3.75. The highest BCUT2D eigenvalue weighted by atomic mass is 16.3. The van der Waals surface area contributed by atoms with Gasteiger partial charge >= 0.3 is 0 Å². The fourth-order valence-corrected chi connectivity index (χ4v) is 1.25. The number of hydrogen-bond donors (Lipinski definition) is 1. The van der Waals surface area contributed by atoms with Crippen molar-refractivity contribution in [1.82, 2.24) is 4.90 Å². The van der Waals surface area contributed by atoms with Crippen LogP contribution in [0.2, 0.25) is 0 Å². The lowest BCUT2D eigenvalue weighted by molar-refractivity contribution is 0.467. The molecule has 0 aliphatic heterocycles. The van der Waals surface area contributed by atoms with Crippen LogP contribution < -0.4 is 0 Å². The largest absolute Gasteiger partial charge is 0.507 e. The molecule has 0 saturated carbocycles. The predicted molar refractivity (Wildman–Crippen MR) is 64.0 cm³/mol. The zero-order chi connectivity index (χ0) is 11.4. The highest BCUT2D eigenvalue weighted by molar-refractivity contribution is 5.63. The van der Waals surface area contributed by atoms with Crippen molar-refractivity contribution in [2.75, 3.05) is 13.6 Å². The molecular weight excluding hydrogens is 188 g/mol. The normalized spacial score (nSPS) is 10.9. The number of aryl methyl sites for hydroxylation is 2. The first-order valence-electron chi connectivity index (χ1n) is 5.09. The van der Waals surface area contributed by atoms with Gasteiger partial charge in [-0.2, -0.15) is 0 Å². The molecule has 1 rings (SSSR count). The minimum Gasteiger partial charge on any atom is -0.507 e. The Morgan fingerprint density at radius 1 is 1.33 bits per heavy atom. The fraction of sp³-hybridized carbons (Fsp3) is 0.417. The molecule has 1 aromatic rings. The van der Waals surface area contributed by atoms with Crippen molar-refractivity contribution in [2.45, 2.75) is 20.8 Å². The van der Waals surface area contributed by atoms with Gasteiger partial charge in [-0.3, -0.25) is 0 Å². The van der Waals surface area contributed by atoms with E-state index in [0.29, 0.717) is 5.75 Å². The Bertz CT molecular complexity index is 349. The number of phenolic OH excluding ortho intramolecular Hbond substituents is 1. The number of aliphatic imine (C=N–C) groups is 1. The van der Waals surface area contributed by atoms with E-state index in [4.69, 9.17) is 0 Å². The predicted octanol–water partition coefficient (Wildman–Crippen LogP) is 2.62. The van der Waals surface area contributed by atoms with Crippen molar-refractivity contribution in [3.8, 4) is 5.75 Å². The summed E-state index contributed by atoms with van der Waals surface area (Å²) in [5.74, 6) is 0.359. The van der Waals surface area contributed by atoms with E-state index in [-0.39, 0.29) is 0 Å². The molecule has 0 unspecified atom stereocenters. The van der Waals surface area contributed by atoms with Crippen LogP contribution in [0.15, 0.2) is 17.1 Å². The summed E-state index contributed by atoms with van der Waals surface area (Å²) in [5, 5.41) is 9.59. The van der Waals surface area contributed by atoms with Crippen molar-refractivity contribution in [1.29, 1.82) is 0 Å². The Balaban J connectivity index is 2.92. The maximum atomic E-state index is 9.59. The lowest BCUT2D eigenvalue weighted by Gasteiger charge is -2.09. The lowest BCUT2D eigenvalue weighted by atomic mass is 10.1. The molecule has 0 saturated heterocycles. The summed E-state index contributed by atoms with van der Waals surface area (Å²) < 4.78 is 0. The van der Waals surface area contributed by atoms with Crippen LogP contribution >= 0.6 is 0 Å². The van der Waals surface area contributed by atoms with Crippen LogP contribution in [-0.2, 0) is 0 Å². The van der Waals surface area contributed by atoms with E-state index < -0.39 is 0 Å². The molecule has 0 aliphatic carbocycles. The Morgan fingerprint density at radius 2 is 1.87 bits per heavy atom. The maximum Gasteiger partial charge on any atom is 0.121 e. The summed E-state index contributed by atoms with van der Waals surface area (Å²) in [6.07, 6.45) is 1.80. The van der Waals surface area contributed by atoms with Gasteiger partial charge in [-0.25, -0.2) is 4.99 Å². The van der Waals surface area contributed by atoms with Crippen LogP contribution in [0.4, 0.5) is 5.69 Å². The smallest absolute Gasteiger partial charge is 0.121 e. The molecule has 1 aromatic carbocycles. The molecule has 0 aromatic heterocycles. The average molecular weight is 206 g/mol. The van der Waals surface area contributed by atoms with E-state index in [1.807, 2.05) is 37.9 Å². The molecule has 3 nitrogen and oxygen atoms in total. The Kier molecular flexibility index (Phi) is 3.72. The van der Waals surface area contributed by atoms with E-state index in [9.17, 15) is 5.11 Å². The third-order valence-corrected chi connectivity index (χ3v) is 2.38. The van der Waals surface area contributed by atoms with Gasteiger partial charge in [0.25, 0.3) is 0 Å². The van der Waals surface area contributed by atoms with Crippen molar-refractivity contribution >= 4 is 12.0 Å². The summed E-state index contributed by atoms with van der Waals surface area (Å²) in [5.41, 5.74) is 2.60. The number of hydrogen-bond acceptors (Lipinski definition) is 2. The summed E-state index contributed by atoms with van der Waals surface area (Å²) in [6, 6.07) is 3.75. The number of benzene rings is 1. The first-order valence-corrected chi connectivity index (χ1v) is 5.09. The second kappa shape index (κ2) is 4.82. The van der Waals surface area contributed by atoms with Crippen LogP contribution in [0.1, 0.15) is 18.1 Å². The Hall–Kier alpha value is -1.51. The van der Waals surface area contributed by atoms with Crippen LogP contribution in [0.3, 0.4) is 0 Å². The quantitative estimate of drug-likeness (QED) is 0.609. The number of nitrogens with zero attached hydrogens (tertiary/aromatic N) is 2. The zero-order valence-corrected chi connectivity index (χ0v) is 9.78. The first kappa shape index (κ1) is 11.6. The maximum absolute atomic E-state index is 9.59. The number of rotatable bonds is 3. The van der Waals surface area contributed by atoms with E-state index in [0.717, 1.165) is 23.4 Å². The van der Waals surface area contributed by atoms with Crippen molar-refractivity contribution in [3.05, 3.63) is 23.3 Å². The lowest BCUT2D eigenvalue weighted by Crippen LogP contribution is -2.14. The first-order chi connectivity index (χ1) is 7.04. The van der Waals surface area contributed by atoms with E-state index in [2.05, 4.69) is 11.9 Å². The van der Waals surface area contributed by atoms with E-state index >= 15 is 0 Å². The summed E-state index contributed by atoms with van der Waals surface area (Å²) >= 11 is 0. The van der Waals surface area contributed by atoms with Gasteiger partial charge in [0.05, 0.1) is 12.0 Å². The zero-order valence-electron chi connectivity index (χ0n) is 9.78. The molecule has 3 heteroatoms. The second-order valence-corrected chi connectivity index (χ2v) is 3.75. The molecule has 0 radical (unpaired) electrons. The fourth-order valence-electron chi connectivity index (χ4n) is 1.25. The highest BCUT2D eigenvalue weighted by Gasteiger charge is 2.01. The summed E-state index contributed by atoms with van der Waals surface area (Å²) in [4.78, 5) is 6.33. The van der Waals surface area contributed by atoms with Gasteiger partial charge in [-0.15, -0.1) is 0 Å². The molecule has 0 fully saturated rings. The molecule has 0 spiro atoms. The van der Waals surface area contributed by atoms with Crippen molar-refractivity contribution in [3.63, 3.8) is 0 Å². The van der Waals surface area contributed by atoms with Crippen LogP contribution in [0.5, 0.6) is 5.75 Å². The summed E-state index contributed by atoms with van der Waals surface area (Å²) in [7, 11) is 1.98. The van der Waals surface area contributed by atoms with E-state index in [1.165, 1.54) is 0 Å². The standard InChI is InChI=1S/C12H18N2O/c1-5-14(4)8-13-11-6-9(2)12(15)10(3)7-11/h6-8,15H,5H2,1-4H3. The molecule has 1 N–H and O–H groups in total. The third kappa shape index (κ3) is 2.98. The van der Waals surface area contributed by atoms with Crippen LogP contribution in [-0.4, -0.2) is 29.9 Å². The van der Waals surface area contributed by atoms with Gasteiger partial charge in [0.2, 0.25) is 0 Å².